The number of hydrogen-bond donors (Lipinski definition) is 1. The summed E-state index contributed by atoms with van der Waals surface area (Å²) >= 11 is 0. The fraction of sp³-hybridized carbons (Fsp3) is 0.0667. The average Bonchev–Trinajstić information content (AvgIpc) is 2.91. The summed E-state index contributed by atoms with van der Waals surface area (Å²) in [7, 11) is -3.91. The molecule has 1 aromatic carbocycles. The van der Waals surface area contributed by atoms with Gasteiger partial charge in [0.1, 0.15) is 5.82 Å². The molecule has 3 rings (SSSR count). The molecule has 2 aromatic heterocycles. The van der Waals surface area contributed by atoms with E-state index in [-0.39, 0.29) is 10.9 Å². The van der Waals surface area contributed by atoms with Gasteiger partial charge >= 0.3 is 0 Å². The molecule has 0 aliphatic heterocycles. The summed E-state index contributed by atoms with van der Waals surface area (Å²) in [5, 5.41) is 3.57. The Morgan fingerprint density at radius 3 is 2.45 bits per heavy atom. The lowest BCUT2D eigenvalue weighted by atomic mass is 10.1. The van der Waals surface area contributed by atoms with Crippen molar-refractivity contribution in [3.05, 3.63) is 60.4 Å². The van der Waals surface area contributed by atoms with Crippen LogP contribution in [0.2, 0.25) is 0 Å². The van der Waals surface area contributed by atoms with Crippen LogP contribution in [0.1, 0.15) is 5.69 Å². The number of pyridine rings is 1. The fourth-order valence-electron chi connectivity index (χ4n) is 2.07. The number of nitrogens with zero attached hydrogens (tertiary/aromatic N) is 2. The summed E-state index contributed by atoms with van der Waals surface area (Å²) in [6, 6.07) is 14.1. The summed E-state index contributed by atoms with van der Waals surface area (Å²) in [5.41, 5.74) is 1.68. The quantitative estimate of drug-likeness (QED) is 0.800. The second kappa shape index (κ2) is 5.61. The Labute approximate surface area is 127 Å². The van der Waals surface area contributed by atoms with E-state index in [0.717, 1.165) is 5.56 Å². The van der Waals surface area contributed by atoms with E-state index in [0.29, 0.717) is 11.3 Å². The third-order valence-electron chi connectivity index (χ3n) is 3.04. The van der Waals surface area contributed by atoms with E-state index in [9.17, 15) is 8.42 Å². The van der Waals surface area contributed by atoms with Crippen molar-refractivity contribution in [3.8, 4) is 11.1 Å². The number of rotatable bonds is 4. The SMILES string of the molecule is Cc1noc(S(=O)(=O)Nc2ccccn2)c1-c1ccccc1. The number of anilines is 1. The maximum atomic E-state index is 12.5. The van der Waals surface area contributed by atoms with Crippen LogP contribution in [0.3, 0.4) is 0 Å². The molecule has 0 atom stereocenters. The van der Waals surface area contributed by atoms with E-state index in [1.165, 1.54) is 6.20 Å². The first-order valence-electron chi connectivity index (χ1n) is 6.53. The van der Waals surface area contributed by atoms with Crippen molar-refractivity contribution in [3.63, 3.8) is 0 Å². The van der Waals surface area contributed by atoms with Crippen LogP contribution in [0.5, 0.6) is 0 Å². The number of sulfonamides is 1. The first kappa shape index (κ1) is 14.3. The van der Waals surface area contributed by atoms with Crippen LogP contribution in [0.25, 0.3) is 11.1 Å². The van der Waals surface area contributed by atoms with Gasteiger partial charge in [-0.05, 0) is 24.6 Å². The normalized spacial score (nSPS) is 11.3. The molecule has 0 saturated carbocycles. The van der Waals surface area contributed by atoms with E-state index in [4.69, 9.17) is 4.52 Å². The lowest BCUT2D eigenvalue weighted by Crippen LogP contribution is -2.14. The van der Waals surface area contributed by atoms with Crippen molar-refractivity contribution in [2.75, 3.05) is 4.72 Å². The summed E-state index contributed by atoms with van der Waals surface area (Å²) in [4.78, 5) is 3.95. The molecular weight excluding hydrogens is 302 g/mol. The van der Waals surface area contributed by atoms with Crippen LogP contribution < -0.4 is 4.72 Å². The van der Waals surface area contributed by atoms with Gasteiger partial charge in [-0.25, -0.2) is 4.98 Å². The Balaban J connectivity index is 2.06. The van der Waals surface area contributed by atoms with Crippen molar-refractivity contribution in [1.82, 2.24) is 10.1 Å². The molecular formula is C15H13N3O3S. The zero-order chi connectivity index (χ0) is 15.6. The molecule has 7 heteroatoms. The average molecular weight is 315 g/mol. The van der Waals surface area contributed by atoms with Gasteiger partial charge in [-0.2, -0.15) is 8.42 Å². The third kappa shape index (κ3) is 2.71. The molecule has 2 heterocycles. The molecule has 0 fully saturated rings. The van der Waals surface area contributed by atoms with E-state index in [1.54, 1.807) is 37.3 Å². The van der Waals surface area contributed by atoms with Gasteiger partial charge in [-0.1, -0.05) is 41.6 Å². The maximum Gasteiger partial charge on any atom is 0.300 e. The zero-order valence-electron chi connectivity index (χ0n) is 11.7. The Bertz CT molecular complexity index is 875. The van der Waals surface area contributed by atoms with Gasteiger partial charge in [-0.15, -0.1) is 0 Å². The molecule has 112 valence electrons. The molecule has 22 heavy (non-hydrogen) atoms. The predicted octanol–water partition coefficient (Wildman–Crippen LogP) is 2.85. The molecule has 0 spiro atoms. The highest BCUT2D eigenvalue weighted by atomic mass is 32.2. The molecule has 6 nitrogen and oxygen atoms in total. The van der Waals surface area contributed by atoms with Gasteiger partial charge in [0.2, 0.25) is 0 Å². The molecule has 0 aliphatic rings. The topological polar surface area (TPSA) is 85.1 Å². The third-order valence-corrected chi connectivity index (χ3v) is 4.29. The van der Waals surface area contributed by atoms with Crippen molar-refractivity contribution in [1.29, 1.82) is 0 Å². The molecule has 1 N–H and O–H groups in total. The van der Waals surface area contributed by atoms with Crippen LogP contribution in [0.15, 0.2) is 64.3 Å². The number of aryl methyl sites for hydroxylation is 1. The number of aromatic nitrogens is 2. The maximum absolute atomic E-state index is 12.5. The standard InChI is InChI=1S/C15H13N3O3S/c1-11-14(12-7-3-2-4-8-12)15(21-17-11)22(19,20)18-13-9-5-6-10-16-13/h2-10H,1H3,(H,16,18). The minimum Gasteiger partial charge on any atom is -0.342 e. The first-order chi connectivity index (χ1) is 10.6. The van der Waals surface area contributed by atoms with Crippen LogP contribution >= 0.6 is 0 Å². The van der Waals surface area contributed by atoms with Gasteiger partial charge in [0.05, 0.1) is 11.3 Å². The first-order valence-corrected chi connectivity index (χ1v) is 8.02. The Hall–Kier alpha value is -2.67. The second-order valence-electron chi connectivity index (χ2n) is 4.62. The molecule has 0 radical (unpaired) electrons. The van der Waals surface area contributed by atoms with Gasteiger partial charge in [0, 0.05) is 6.20 Å². The minimum atomic E-state index is -3.91. The smallest absolute Gasteiger partial charge is 0.300 e. The molecule has 0 aliphatic carbocycles. The lowest BCUT2D eigenvalue weighted by molar-refractivity contribution is 0.338. The Morgan fingerprint density at radius 2 is 1.77 bits per heavy atom. The monoisotopic (exact) mass is 315 g/mol. The number of benzene rings is 1. The zero-order valence-corrected chi connectivity index (χ0v) is 12.5. The lowest BCUT2D eigenvalue weighted by Gasteiger charge is -2.06. The summed E-state index contributed by atoms with van der Waals surface area (Å²) in [5.74, 6) is 0.218. The summed E-state index contributed by atoms with van der Waals surface area (Å²) < 4.78 is 32.5. The second-order valence-corrected chi connectivity index (χ2v) is 6.20. The van der Waals surface area contributed by atoms with Crippen LogP contribution in [-0.4, -0.2) is 18.6 Å². The van der Waals surface area contributed by atoms with Crippen molar-refractivity contribution in [2.24, 2.45) is 0 Å². The van der Waals surface area contributed by atoms with Crippen molar-refractivity contribution >= 4 is 15.8 Å². The molecule has 3 aromatic rings. The van der Waals surface area contributed by atoms with E-state index >= 15 is 0 Å². The Kier molecular flexibility index (Phi) is 3.64. The largest absolute Gasteiger partial charge is 0.342 e. The van der Waals surface area contributed by atoms with E-state index in [1.807, 2.05) is 18.2 Å². The molecule has 0 unspecified atom stereocenters. The van der Waals surface area contributed by atoms with Gasteiger partial charge in [0.25, 0.3) is 15.1 Å². The van der Waals surface area contributed by atoms with E-state index < -0.39 is 10.0 Å². The van der Waals surface area contributed by atoms with Gasteiger partial charge in [-0.3, -0.25) is 4.72 Å². The van der Waals surface area contributed by atoms with Gasteiger partial charge < -0.3 is 4.52 Å². The van der Waals surface area contributed by atoms with Crippen LogP contribution in [0.4, 0.5) is 5.82 Å². The van der Waals surface area contributed by atoms with Crippen LogP contribution in [-0.2, 0) is 10.0 Å². The molecule has 0 amide bonds. The molecule has 0 bridgehead atoms. The predicted molar refractivity (Wildman–Crippen MR) is 81.7 cm³/mol. The molecule has 0 saturated heterocycles. The van der Waals surface area contributed by atoms with Crippen molar-refractivity contribution in [2.45, 2.75) is 12.0 Å². The van der Waals surface area contributed by atoms with E-state index in [2.05, 4.69) is 14.9 Å². The highest BCUT2D eigenvalue weighted by Crippen LogP contribution is 2.31. The van der Waals surface area contributed by atoms with Crippen LogP contribution in [0, 0.1) is 6.92 Å². The number of nitrogens with one attached hydrogen (secondary N) is 1. The fourth-order valence-corrected chi connectivity index (χ4v) is 3.23. The minimum absolute atomic E-state index is 0.218. The van der Waals surface area contributed by atoms with Crippen molar-refractivity contribution < 1.29 is 12.9 Å². The highest BCUT2D eigenvalue weighted by molar-refractivity contribution is 7.92. The highest BCUT2D eigenvalue weighted by Gasteiger charge is 2.27. The van der Waals surface area contributed by atoms with Gasteiger partial charge in [0.15, 0.2) is 0 Å². The summed E-state index contributed by atoms with van der Waals surface area (Å²) in [6.07, 6.45) is 1.50. The Morgan fingerprint density at radius 1 is 1.05 bits per heavy atom. The number of hydrogen-bond acceptors (Lipinski definition) is 5. The summed E-state index contributed by atoms with van der Waals surface area (Å²) in [6.45, 7) is 1.70.